The maximum Gasteiger partial charge on any atom is 0.277 e. The fourth-order valence-corrected chi connectivity index (χ4v) is 3.95. The second-order valence-corrected chi connectivity index (χ2v) is 6.27. The first kappa shape index (κ1) is 14.5. The molecule has 0 unspecified atom stereocenters. The van der Waals surface area contributed by atoms with Crippen molar-refractivity contribution in [1.82, 2.24) is 0 Å². The average molecular weight is 342 g/mol. The lowest BCUT2D eigenvalue weighted by molar-refractivity contribution is -0.384. The van der Waals surface area contributed by atoms with Crippen LogP contribution in [-0.2, 0) is 0 Å². The molecule has 5 rings (SSSR count). The minimum atomic E-state index is -0.411. The van der Waals surface area contributed by atoms with Crippen molar-refractivity contribution in [2.75, 3.05) is 0 Å². The van der Waals surface area contributed by atoms with Gasteiger partial charge in [0.15, 0.2) is 0 Å². The maximum atomic E-state index is 11.4. The zero-order valence-corrected chi connectivity index (χ0v) is 13.3. The van der Waals surface area contributed by atoms with E-state index in [4.69, 9.17) is 0 Å². The highest BCUT2D eigenvalue weighted by atomic mass is 16.6. The summed E-state index contributed by atoms with van der Waals surface area (Å²) >= 11 is 0. The molecule has 0 fully saturated rings. The molecule has 0 aliphatic rings. The van der Waals surface area contributed by atoms with E-state index in [9.17, 15) is 20.2 Å². The van der Waals surface area contributed by atoms with Crippen LogP contribution in [0.1, 0.15) is 0 Å². The Morgan fingerprint density at radius 1 is 0.615 bits per heavy atom. The van der Waals surface area contributed by atoms with E-state index in [1.165, 1.54) is 6.07 Å². The minimum absolute atomic E-state index is 0.00975. The van der Waals surface area contributed by atoms with Gasteiger partial charge in [0.05, 0.1) is 15.2 Å². The molecule has 0 heterocycles. The van der Waals surface area contributed by atoms with Gasteiger partial charge in [-0.3, -0.25) is 20.2 Å². The van der Waals surface area contributed by atoms with E-state index in [-0.39, 0.29) is 11.4 Å². The fraction of sp³-hybridized carbons (Fsp3) is 0. The molecule has 0 bridgehead atoms. The SMILES string of the molecule is O=[N+]([O-])c1cc2cccc3c4cccc5c([N+](=O)[O-])ccc(c(c1)c23)c54. The third-order valence-corrected chi connectivity index (χ3v) is 4.97. The normalized spacial score (nSPS) is 11.7. The number of benzene rings is 5. The number of fused-ring (bicyclic) bond motifs is 2. The Hall–Kier alpha value is -3.80. The molecular weight excluding hydrogens is 332 g/mol. The van der Waals surface area contributed by atoms with Gasteiger partial charge in [0.1, 0.15) is 0 Å². The summed E-state index contributed by atoms with van der Waals surface area (Å²) in [5, 5.41) is 29.2. The van der Waals surface area contributed by atoms with Crippen LogP contribution >= 0.6 is 0 Å². The first-order chi connectivity index (χ1) is 12.6. The Bertz CT molecular complexity index is 1390. The lowest BCUT2D eigenvalue weighted by atomic mass is 9.89. The Morgan fingerprint density at radius 2 is 1.27 bits per heavy atom. The summed E-state index contributed by atoms with van der Waals surface area (Å²) in [6, 6.07) is 17.4. The van der Waals surface area contributed by atoms with Crippen molar-refractivity contribution in [3.05, 3.63) is 80.9 Å². The minimum Gasteiger partial charge on any atom is -0.258 e. The van der Waals surface area contributed by atoms with Gasteiger partial charge in [-0.05, 0) is 44.5 Å². The van der Waals surface area contributed by atoms with Gasteiger partial charge in [-0.15, -0.1) is 0 Å². The Balaban J connectivity index is 2.16. The summed E-state index contributed by atoms with van der Waals surface area (Å²) in [7, 11) is 0. The van der Waals surface area contributed by atoms with Gasteiger partial charge in [0, 0.05) is 23.6 Å². The molecule has 0 spiro atoms. The molecule has 124 valence electrons. The highest BCUT2D eigenvalue weighted by Gasteiger charge is 2.20. The molecular formula is C20H10N2O4. The monoisotopic (exact) mass is 342 g/mol. The van der Waals surface area contributed by atoms with Crippen LogP contribution in [0.5, 0.6) is 0 Å². The number of nitro groups is 2. The van der Waals surface area contributed by atoms with Crippen LogP contribution in [0.3, 0.4) is 0 Å². The molecule has 0 aromatic heterocycles. The van der Waals surface area contributed by atoms with Crippen LogP contribution in [0.25, 0.3) is 43.1 Å². The van der Waals surface area contributed by atoms with Crippen molar-refractivity contribution in [3.8, 4) is 0 Å². The van der Waals surface area contributed by atoms with Crippen molar-refractivity contribution < 1.29 is 9.85 Å². The summed E-state index contributed by atoms with van der Waals surface area (Å²) in [5.41, 5.74) is 0.0437. The standard InChI is InChI=1S/C20H10N2O4/c23-21(24)12-9-11-3-1-4-13-14-5-2-6-16-18(22(25)26)8-7-15(20(14)16)17(10-12)19(11)13/h1-10H. The van der Waals surface area contributed by atoms with Gasteiger partial charge in [0.25, 0.3) is 11.4 Å². The van der Waals surface area contributed by atoms with E-state index in [0.717, 1.165) is 37.7 Å². The van der Waals surface area contributed by atoms with Crippen molar-refractivity contribution in [1.29, 1.82) is 0 Å². The van der Waals surface area contributed by atoms with E-state index in [0.29, 0.717) is 5.39 Å². The molecule has 0 N–H and O–H groups in total. The van der Waals surface area contributed by atoms with Crippen LogP contribution in [0.15, 0.2) is 60.7 Å². The number of hydrogen-bond acceptors (Lipinski definition) is 4. The topological polar surface area (TPSA) is 86.3 Å². The molecule has 5 aromatic carbocycles. The Kier molecular flexibility index (Phi) is 2.72. The molecule has 5 aromatic rings. The molecule has 6 nitrogen and oxygen atoms in total. The summed E-state index contributed by atoms with van der Waals surface area (Å²) in [4.78, 5) is 22.0. The van der Waals surface area contributed by atoms with Crippen molar-refractivity contribution in [3.63, 3.8) is 0 Å². The van der Waals surface area contributed by atoms with Gasteiger partial charge in [-0.1, -0.05) is 30.3 Å². The molecule has 0 radical (unpaired) electrons. The smallest absolute Gasteiger partial charge is 0.258 e. The number of rotatable bonds is 2. The highest BCUT2D eigenvalue weighted by Crippen LogP contribution is 2.43. The van der Waals surface area contributed by atoms with Crippen LogP contribution < -0.4 is 0 Å². The van der Waals surface area contributed by atoms with Crippen molar-refractivity contribution >= 4 is 54.5 Å². The highest BCUT2D eigenvalue weighted by molar-refractivity contribution is 6.34. The number of hydrogen-bond donors (Lipinski definition) is 0. The quantitative estimate of drug-likeness (QED) is 0.182. The van der Waals surface area contributed by atoms with E-state index >= 15 is 0 Å². The molecule has 0 aliphatic carbocycles. The predicted octanol–water partition coefficient (Wildman–Crippen LogP) is 5.55. The largest absolute Gasteiger partial charge is 0.277 e. The third-order valence-electron chi connectivity index (χ3n) is 4.97. The molecule has 6 heteroatoms. The average Bonchev–Trinajstić information content (AvgIpc) is 2.64. The van der Waals surface area contributed by atoms with Gasteiger partial charge in [0.2, 0.25) is 0 Å². The maximum absolute atomic E-state index is 11.4. The zero-order chi connectivity index (χ0) is 18.0. The van der Waals surface area contributed by atoms with Crippen LogP contribution in [0.4, 0.5) is 11.4 Å². The summed E-state index contributed by atoms with van der Waals surface area (Å²) < 4.78 is 0. The summed E-state index contributed by atoms with van der Waals surface area (Å²) in [6.45, 7) is 0. The van der Waals surface area contributed by atoms with Crippen LogP contribution in [0, 0.1) is 20.2 Å². The fourth-order valence-electron chi connectivity index (χ4n) is 3.95. The third kappa shape index (κ3) is 1.75. The van der Waals surface area contributed by atoms with Gasteiger partial charge >= 0.3 is 0 Å². The lowest BCUT2D eigenvalue weighted by Gasteiger charge is -2.14. The molecule has 0 saturated heterocycles. The number of nitrogens with zero attached hydrogens (tertiary/aromatic N) is 2. The van der Waals surface area contributed by atoms with Crippen LogP contribution in [-0.4, -0.2) is 9.85 Å². The number of non-ortho nitro benzene ring substituents is 2. The molecule has 26 heavy (non-hydrogen) atoms. The second-order valence-electron chi connectivity index (χ2n) is 6.27. The predicted molar refractivity (Wildman–Crippen MR) is 101 cm³/mol. The first-order valence-electron chi connectivity index (χ1n) is 7.98. The van der Waals surface area contributed by atoms with E-state index < -0.39 is 9.85 Å². The van der Waals surface area contributed by atoms with Gasteiger partial charge in [-0.25, -0.2) is 0 Å². The summed E-state index contributed by atoms with van der Waals surface area (Å²) in [6.07, 6.45) is 0. The van der Waals surface area contributed by atoms with E-state index in [1.807, 2.05) is 30.3 Å². The number of nitro benzene ring substituents is 2. The van der Waals surface area contributed by atoms with Crippen molar-refractivity contribution in [2.45, 2.75) is 0 Å². The second kappa shape index (κ2) is 4.86. The molecule has 0 aliphatic heterocycles. The van der Waals surface area contributed by atoms with Gasteiger partial charge in [-0.2, -0.15) is 0 Å². The molecule has 0 amide bonds. The lowest BCUT2D eigenvalue weighted by Crippen LogP contribution is -1.94. The van der Waals surface area contributed by atoms with Gasteiger partial charge < -0.3 is 0 Å². The Morgan fingerprint density at radius 3 is 2.00 bits per heavy atom. The van der Waals surface area contributed by atoms with Crippen LogP contribution in [0.2, 0.25) is 0 Å². The molecule has 0 saturated carbocycles. The molecule has 0 atom stereocenters. The first-order valence-corrected chi connectivity index (χ1v) is 7.98. The van der Waals surface area contributed by atoms with E-state index in [2.05, 4.69) is 0 Å². The van der Waals surface area contributed by atoms with E-state index in [1.54, 1.807) is 24.3 Å². The Labute approximate surface area is 145 Å². The zero-order valence-electron chi connectivity index (χ0n) is 13.3. The van der Waals surface area contributed by atoms with Crippen molar-refractivity contribution in [2.24, 2.45) is 0 Å². The summed E-state index contributed by atoms with van der Waals surface area (Å²) in [5.74, 6) is 0.